The molecule has 0 bridgehead atoms. The van der Waals surface area contributed by atoms with Gasteiger partial charge < -0.3 is 9.47 Å². The minimum atomic E-state index is -0.195. The number of aromatic nitrogens is 2. The van der Waals surface area contributed by atoms with Crippen molar-refractivity contribution in [1.29, 1.82) is 0 Å². The summed E-state index contributed by atoms with van der Waals surface area (Å²) in [7, 11) is 1.49. The number of hydrogen-bond acceptors (Lipinski definition) is 5. The minimum absolute atomic E-state index is 0.0551. The number of ether oxygens (including phenoxy) is 2. The fraction of sp³-hybridized carbons (Fsp3) is 0.267. The van der Waals surface area contributed by atoms with Crippen LogP contribution < -0.4 is 9.47 Å². The zero-order chi connectivity index (χ0) is 14.5. The highest BCUT2D eigenvalue weighted by molar-refractivity contribution is 6.08. The van der Waals surface area contributed by atoms with Gasteiger partial charge in [-0.1, -0.05) is 12.1 Å². The molecule has 1 heterocycles. The van der Waals surface area contributed by atoms with Gasteiger partial charge in [0.2, 0.25) is 11.7 Å². The Labute approximate surface area is 117 Å². The molecule has 0 aliphatic carbocycles. The van der Waals surface area contributed by atoms with Crippen LogP contribution in [0, 0.1) is 0 Å². The van der Waals surface area contributed by atoms with Crippen molar-refractivity contribution < 1.29 is 14.3 Å². The number of methoxy groups -OCH3 is 1. The minimum Gasteiger partial charge on any atom is -0.491 e. The molecule has 5 heteroatoms. The monoisotopic (exact) mass is 272 g/mol. The van der Waals surface area contributed by atoms with E-state index in [1.54, 1.807) is 18.2 Å². The van der Waals surface area contributed by atoms with Gasteiger partial charge >= 0.3 is 0 Å². The fourth-order valence-corrected chi connectivity index (χ4v) is 1.71. The summed E-state index contributed by atoms with van der Waals surface area (Å²) < 4.78 is 10.6. The van der Waals surface area contributed by atoms with Crippen molar-refractivity contribution in [3.05, 3.63) is 47.9 Å². The standard InChI is InChI=1S/C15H16N2O3/c1-10(2)20-12-6-4-5-11(7-12)15(18)13-8-14(19-3)17-9-16-13/h4-10H,1-3H3. The summed E-state index contributed by atoms with van der Waals surface area (Å²) in [6, 6.07) is 8.54. The highest BCUT2D eigenvalue weighted by Crippen LogP contribution is 2.18. The van der Waals surface area contributed by atoms with Crippen molar-refractivity contribution in [2.24, 2.45) is 0 Å². The van der Waals surface area contributed by atoms with Crippen LogP contribution in [0.4, 0.5) is 0 Å². The summed E-state index contributed by atoms with van der Waals surface area (Å²) in [5.41, 5.74) is 0.808. The maximum Gasteiger partial charge on any atom is 0.216 e. The third-order valence-corrected chi connectivity index (χ3v) is 2.55. The van der Waals surface area contributed by atoms with E-state index in [1.807, 2.05) is 19.9 Å². The zero-order valence-corrected chi connectivity index (χ0v) is 11.7. The zero-order valence-electron chi connectivity index (χ0n) is 11.7. The third kappa shape index (κ3) is 3.32. The predicted octanol–water partition coefficient (Wildman–Crippen LogP) is 2.50. The Morgan fingerprint density at radius 2 is 2.00 bits per heavy atom. The van der Waals surface area contributed by atoms with Crippen molar-refractivity contribution in [3.63, 3.8) is 0 Å². The van der Waals surface area contributed by atoms with E-state index in [4.69, 9.17) is 9.47 Å². The largest absolute Gasteiger partial charge is 0.491 e. The van der Waals surface area contributed by atoms with Gasteiger partial charge in [0.15, 0.2) is 0 Å². The lowest BCUT2D eigenvalue weighted by molar-refractivity contribution is 0.103. The molecule has 104 valence electrons. The number of hydrogen-bond donors (Lipinski definition) is 0. The smallest absolute Gasteiger partial charge is 0.216 e. The molecular formula is C15H16N2O3. The Balaban J connectivity index is 2.28. The average Bonchev–Trinajstić information content (AvgIpc) is 2.46. The van der Waals surface area contributed by atoms with E-state index in [9.17, 15) is 4.79 Å². The lowest BCUT2D eigenvalue weighted by Gasteiger charge is -2.10. The second-order valence-corrected chi connectivity index (χ2v) is 4.47. The lowest BCUT2D eigenvalue weighted by Crippen LogP contribution is -2.08. The molecule has 0 N–H and O–H groups in total. The van der Waals surface area contributed by atoms with Crippen molar-refractivity contribution in [1.82, 2.24) is 9.97 Å². The molecule has 2 rings (SSSR count). The number of ketones is 1. The Morgan fingerprint density at radius 1 is 1.20 bits per heavy atom. The Hall–Kier alpha value is -2.43. The Morgan fingerprint density at radius 3 is 2.70 bits per heavy atom. The normalized spacial score (nSPS) is 10.4. The van der Waals surface area contributed by atoms with Crippen molar-refractivity contribution in [3.8, 4) is 11.6 Å². The van der Waals surface area contributed by atoms with Gasteiger partial charge in [0.05, 0.1) is 13.2 Å². The molecule has 0 aliphatic heterocycles. The van der Waals surface area contributed by atoms with Crippen LogP contribution in [0.5, 0.6) is 11.6 Å². The molecule has 0 unspecified atom stereocenters. The number of benzene rings is 1. The number of carbonyl (C=O) groups is 1. The predicted molar refractivity (Wildman–Crippen MR) is 74.2 cm³/mol. The molecule has 1 aromatic carbocycles. The van der Waals surface area contributed by atoms with Gasteiger partial charge in [-0.2, -0.15) is 0 Å². The molecule has 0 spiro atoms. The van der Waals surface area contributed by atoms with Gasteiger partial charge in [-0.25, -0.2) is 9.97 Å². The van der Waals surface area contributed by atoms with Crippen LogP contribution in [0.3, 0.4) is 0 Å². The molecule has 5 nitrogen and oxygen atoms in total. The molecular weight excluding hydrogens is 256 g/mol. The first-order valence-electron chi connectivity index (χ1n) is 6.27. The molecule has 0 saturated heterocycles. The highest BCUT2D eigenvalue weighted by atomic mass is 16.5. The quantitative estimate of drug-likeness (QED) is 0.783. The van der Waals surface area contributed by atoms with E-state index < -0.39 is 0 Å². The van der Waals surface area contributed by atoms with Crippen molar-refractivity contribution in [2.75, 3.05) is 7.11 Å². The summed E-state index contributed by atoms with van der Waals surface area (Å²) in [4.78, 5) is 20.2. The Bertz CT molecular complexity index is 612. The van der Waals surface area contributed by atoms with Gasteiger partial charge in [0.1, 0.15) is 17.8 Å². The maximum atomic E-state index is 12.4. The van der Waals surface area contributed by atoms with E-state index >= 15 is 0 Å². The first-order chi connectivity index (χ1) is 9.60. The molecule has 20 heavy (non-hydrogen) atoms. The van der Waals surface area contributed by atoms with E-state index in [1.165, 1.54) is 19.5 Å². The van der Waals surface area contributed by atoms with E-state index in [0.29, 0.717) is 22.9 Å². The SMILES string of the molecule is COc1cc(C(=O)c2cccc(OC(C)C)c2)ncn1. The molecule has 0 fully saturated rings. The summed E-state index contributed by atoms with van der Waals surface area (Å²) in [5.74, 6) is 0.824. The van der Waals surface area contributed by atoms with Crippen LogP contribution in [0.1, 0.15) is 29.9 Å². The first kappa shape index (κ1) is 14.0. The average molecular weight is 272 g/mol. The molecule has 0 aliphatic rings. The first-order valence-corrected chi connectivity index (χ1v) is 6.27. The molecule has 1 aromatic heterocycles. The van der Waals surface area contributed by atoms with Gasteiger partial charge in [-0.3, -0.25) is 4.79 Å². The van der Waals surface area contributed by atoms with Gasteiger partial charge in [-0.05, 0) is 26.0 Å². The molecule has 0 atom stereocenters. The fourth-order valence-electron chi connectivity index (χ4n) is 1.71. The summed E-state index contributed by atoms with van der Waals surface area (Å²) in [6.07, 6.45) is 1.36. The second kappa shape index (κ2) is 6.14. The van der Waals surface area contributed by atoms with Crippen molar-refractivity contribution >= 4 is 5.78 Å². The van der Waals surface area contributed by atoms with Gasteiger partial charge in [0.25, 0.3) is 0 Å². The summed E-state index contributed by atoms with van der Waals surface area (Å²) >= 11 is 0. The molecule has 0 amide bonds. The van der Waals surface area contributed by atoms with Crippen LogP contribution in [-0.4, -0.2) is 29.0 Å². The Kier molecular flexibility index (Phi) is 4.30. The van der Waals surface area contributed by atoms with Crippen LogP contribution >= 0.6 is 0 Å². The van der Waals surface area contributed by atoms with E-state index in [0.717, 1.165) is 0 Å². The maximum absolute atomic E-state index is 12.4. The third-order valence-electron chi connectivity index (χ3n) is 2.55. The molecule has 0 saturated carbocycles. The van der Waals surface area contributed by atoms with Crippen LogP contribution in [0.2, 0.25) is 0 Å². The molecule has 0 radical (unpaired) electrons. The van der Waals surface area contributed by atoms with Gasteiger partial charge in [0, 0.05) is 11.6 Å². The van der Waals surface area contributed by atoms with Crippen LogP contribution in [-0.2, 0) is 0 Å². The second-order valence-electron chi connectivity index (χ2n) is 4.47. The van der Waals surface area contributed by atoms with E-state index in [2.05, 4.69) is 9.97 Å². The number of rotatable bonds is 5. The van der Waals surface area contributed by atoms with Crippen molar-refractivity contribution in [2.45, 2.75) is 20.0 Å². The lowest BCUT2D eigenvalue weighted by atomic mass is 10.1. The summed E-state index contributed by atoms with van der Waals surface area (Å²) in [6.45, 7) is 3.87. The van der Waals surface area contributed by atoms with E-state index in [-0.39, 0.29) is 11.9 Å². The van der Waals surface area contributed by atoms with Crippen LogP contribution in [0.25, 0.3) is 0 Å². The number of nitrogens with zero attached hydrogens (tertiary/aromatic N) is 2. The van der Waals surface area contributed by atoms with Crippen LogP contribution in [0.15, 0.2) is 36.7 Å². The highest BCUT2D eigenvalue weighted by Gasteiger charge is 2.13. The topological polar surface area (TPSA) is 61.3 Å². The number of carbonyl (C=O) groups excluding carboxylic acids is 1. The van der Waals surface area contributed by atoms with Gasteiger partial charge in [-0.15, -0.1) is 0 Å². The summed E-state index contributed by atoms with van der Waals surface area (Å²) in [5, 5.41) is 0. The molecule has 2 aromatic rings.